The molecule has 0 radical (unpaired) electrons. The first-order chi connectivity index (χ1) is 14.0. The number of ether oxygens (including phenoxy) is 1. The summed E-state index contributed by atoms with van der Waals surface area (Å²) < 4.78 is 5.13. The van der Waals surface area contributed by atoms with E-state index in [1.54, 1.807) is 25.3 Å². The maximum Gasteiger partial charge on any atom is 0.303 e. The van der Waals surface area contributed by atoms with E-state index in [2.05, 4.69) is 16.9 Å². The lowest BCUT2D eigenvalue weighted by Gasteiger charge is -2.26. The predicted molar refractivity (Wildman–Crippen MR) is 113 cm³/mol. The van der Waals surface area contributed by atoms with Crippen LogP contribution in [0.4, 0.5) is 0 Å². The molecule has 1 unspecified atom stereocenters. The van der Waals surface area contributed by atoms with Crippen molar-refractivity contribution in [2.75, 3.05) is 26.8 Å². The van der Waals surface area contributed by atoms with Gasteiger partial charge < -0.3 is 19.7 Å². The van der Waals surface area contributed by atoms with E-state index in [0.29, 0.717) is 36.1 Å². The number of nitrogens with one attached hydrogen (secondary N) is 1. The monoisotopic (exact) mass is 423 g/mol. The second kappa shape index (κ2) is 11.8. The smallest absolute Gasteiger partial charge is 0.303 e. The number of rotatable bonds is 13. The molecule has 0 spiro atoms. The average molecular weight is 424 g/mol. The SMILES string of the molecule is CCCCCN(CCCOC)C(=O)C(CCC(=O)O)c1nc2ccc(Cl)cc2[nH]1. The highest BCUT2D eigenvalue weighted by molar-refractivity contribution is 6.31. The largest absolute Gasteiger partial charge is 0.481 e. The number of imidazole rings is 1. The van der Waals surface area contributed by atoms with Gasteiger partial charge in [0.25, 0.3) is 0 Å². The Morgan fingerprint density at radius 2 is 2.03 bits per heavy atom. The highest BCUT2D eigenvalue weighted by Gasteiger charge is 2.29. The third kappa shape index (κ3) is 7.01. The number of aromatic amines is 1. The van der Waals surface area contributed by atoms with E-state index in [-0.39, 0.29) is 18.7 Å². The van der Waals surface area contributed by atoms with Crippen molar-refractivity contribution in [3.63, 3.8) is 0 Å². The van der Waals surface area contributed by atoms with E-state index in [0.717, 1.165) is 31.2 Å². The number of carbonyl (C=O) groups excluding carboxylic acids is 1. The zero-order valence-electron chi connectivity index (χ0n) is 17.1. The van der Waals surface area contributed by atoms with Crippen molar-refractivity contribution in [3.05, 3.63) is 29.0 Å². The second-order valence-electron chi connectivity index (χ2n) is 7.15. The number of unbranched alkanes of at least 4 members (excludes halogenated alkanes) is 2. The van der Waals surface area contributed by atoms with Gasteiger partial charge in [0.1, 0.15) is 5.82 Å². The van der Waals surface area contributed by atoms with E-state index in [9.17, 15) is 9.59 Å². The number of fused-ring (bicyclic) bond motifs is 1. The van der Waals surface area contributed by atoms with Gasteiger partial charge in [-0.1, -0.05) is 31.4 Å². The van der Waals surface area contributed by atoms with Gasteiger partial charge in [0.05, 0.1) is 17.0 Å². The third-order valence-corrected chi connectivity index (χ3v) is 5.09. The normalized spacial score (nSPS) is 12.2. The van der Waals surface area contributed by atoms with Crippen LogP contribution in [-0.2, 0) is 14.3 Å². The zero-order valence-corrected chi connectivity index (χ0v) is 17.9. The summed E-state index contributed by atoms with van der Waals surface area (Å²) in [5, 5.41) is 9.73. The Morgan fingerprint density at radius 1 is 1.28 bits per heavy atom. The van der Waals surface area contributed by atoms with E-state index >= 15 is 0 Å². The molecule has 1 amide bonds. The Bertz CT molecular complexity index is 798. The van der Waals surface area contributed by atoms with Crippen molar-refractivity contribution < 1.29 is 19.4 Å². The number of hydrogen-bond acceptors (Lipinski definition) is 4. The molecular weight excluding hydrogens is 394 g/mol. The van der Waals surface area contributed by atoms with Crippen LogP contribution in [0.15, 0.2) is 18.2 Å². The highest BCUT2D eigenvalue weighted by Crippen LogP contribution is 2.26. The van der Waals surface area contributed by atoms with Crippen molar-refractivity contribution in [3.8, 4) is 0 Å². The zero-order chi connectivity index (χ0) is 21.2. The molecule has 1 heterocycles. The van der Waals surface area contributed by atoms with Crippen LogP contribution in [-0.4, -0.2) is 58.7 Å². The Kier molecular flexibility index (Phi) is 9.41. The fourth-order valence-corrected chi connectivity index (χ4v) is 3.49. The number of carboxylic acid groups (broad SMARTS) is 1. The summed E-state index contributed by atoms with van der Waals surface area (Å²) in [7, 11) is 1.64. The van der Waals surface area contributed by atoms with Crippen LogP contribution in [0.3, 0.4) is 0 Å². The van der Waals surface area contributed by atoms with Gasteiger partial charge in [-0.2, -0.15) is 0 Å². The van der Waals surface area contributed by atoms with Crippen LogP contribution in [0.5, 0.6) is 0 Å². The van der Waals surface area contributed by atoms with E-state index in [1.165, 1.54) is 0 Å². The molecule has 1 atom stereocenters. The molecule has 0 fully saturated rings. The standard InChI is InChI=1S/C21H30ClN3O4/c1-3-4-5-11-25(12-6-13-29-2)21(28)16(8-10-19(26)27)20-23-17-9-7-15(22)14-18(17)24-20/h7,9,14,16H,3-6,8,10-13H2,1-2H3,(H,23,24)(H,26,27). The number of hydrogen-bond donors (Lipinski definition) is 2. The molecule has 0 aliphatic carbocycles. The second-order valence-corrected chi connectivity index (χ2v) is 7.58. The lowest BCUT2D eigenvalue weighted by Crippen LogP contribution is -2.37. The van der Waals surface area contributed by atoms with Crippen molar-refractivity contribution in [2.24, 2.45) is 0 Å². The summed E-state index contributed by atoms with van der Waals surface area (Å²) in [4.78, 5) is 34.1. The van der Waals surface area contributed by atoms with Gasteiger partial charge in [0.15, 0.2) is 0 Å². The van der Waals surface area contributed by atoms with Gasteiger partial charge in [-0.3, -0.25) is 9.59 Å². The van der Waals surface area contributed by atoms with Gasteiger partial charge in [-0.25, -0.2) is 4.98 Å². The van der Waals surface area contributed by atoms with Crippen LogP contribution in [0, 0.1) is 0 Å². The molecule has 2 rings (SSSR count). The van der Waals surface area contributed by atoms with E-state index in [1.807, 2.05) is 4.90 Å². The van der Waals surface area contributed by atoms with Gasteiger partial charge >= 0.3 is 5.97 Å². The molecule has 0 aliphatic rings. The molecule has 8 heteroatoms. The van der Waals surface area contributed by atoms with E-state index in [4.69, 9.17) is 21.4 Å². The average Bonchev–Trinajstić information content (AvgIpc) is 3.09. The topological polar surface area (TPSA) is 95.5 Å². The molecule has 7 nitrogen and oxygen atoms in total. The Labute approximate surface area is 176 Å². The summed E-state index contributed by atoms with van der Waals surface area (Å²) in [6, 6.07) is 5.28. The van der Waals surface area contributed by atoms with Crippen molar-refractivity contribution >= 4 is 34.5 Å². The van der Waals surface area contributed by atoms with Gasteiger partial charge in [-0.15, -0.1) is 0 Å². The van der Waals surface area contributed by atoms with Crippen LogP contribution < -0.4 is 0 Å². The van der Waals surface area contributed by atoms with Crippen LogP contribution in [0.2, 0.25) is 5.02 Å². The minimum Gasteiger partial charge on any atom is -0.481 e. The molecule has 2 aromatic rings. The first-order valence-electron chi connectivity index (χ1n) is 10.1. The quantitative estimate of drug-likeness (QED) is 0.470. The molecular formula is C21H30ClN3O4. The maximum absolute atomic E-state index is 13.4. The summed E-state index contributed by atoms with van der Waals surface area (Å²) >= 11 is 6.05. The number of benzene rings is 1. The number of aromatic nitrogens is 2. The minimum atomic E-state index is -0.932. The first kappa shape index (κ1) is 23.2. The number of amides is 1. The molecule has 2 N–H and O–H groups in total. The fraction of sp³-hybridized carbons (Fsp3) is 0.571. The number of H-pyrrole nitrogens is 1. The van der Waals surface area contributed by atoms with Crippen molar-refractivity contribution in [1.82, 2.24) is 14.9 Å². The van der Waals surface area contributed by atoms with Gasteiger partial charge in [0, 0.05) is 38.2 Å². The Balaban J connectivity index is 2.27. The number of methoxy groups -OCH3 is 1. The van der Waals surface area contributed by atoms with E-state index < -0.39 is 11.9 Å². The third-order valence-electron chi connectivity index (χ3n) is 4.86. The number of halogens is 1. The summed E-state index contributed by atoms with van der Waals surface area (Å²) in [5.74, 6) is -1.18. The number of aliphatic carboxylic acids is 1. The molecule has 160 valence electrons. The highest BCUT2D eigenvalue weighted by atomic mass is 35.5. The summed E-state index contributed by atoms with van der Waals surface area (Å²) in [5.41, 5.74) is 1.44. The number of carbonyl (C=O) groups is 2. The van der Waals surface area contributed by atoms with Gasteiger partial charge in [0.2, 0.25) is 5.91 Å². The predicted octanol–water partition coefficient (Wildman–Crippen LogP) is 4.22. The van der Waals surface area contributed by atoms with Crippen molar-refractivity contribution in [2.45, 2.75) is 51.4 Å². The molecule has 0 saturated carbocycles. The molecule has 0 bridgehead atoms. The van der Waals surface area contributed by atoms with Gasteiger partial charge in [-0.05, 0) is 37.5 Å². The fourth-order valence-electron chi connectivity index (χ4n) is 3.32. The summed E-state index contributed by atoms with van der Waals surface area (Å²) in [6.45, 7) is 3.91. The molecule has 1 aromatic heterocycles. The lowest BCUT2D eigenvalue weighted by atomic mass is 10.00. The maximum atomic E-state index is 13.4. The van der Waals surface area contributed by atoms with Crippen LogP contribution in [0.1, 0.15) is 57.2 Å². The minimum absolute atomic E-state index is 0.0939. The number of carboxylic acids is 1. The summed E-state index contributed by atoms with van der Waals surface area (Å²) in [6.07, 6.45) is 3.83. The molecule has 29 heavy (non-hydrogen) atoms. The van der Waals surface area contributed by atoms with Crippen molar-refractivity contribution in [1.29, 1.82) is 0 Å². The lowest BCUT2D eigenvalue weighted by molar-refractivity contribution is -0.137. The van der Waals surface area contributed by atoms with Crippen LogP contribution >= 0.6 is 11.6 Å². The number of nitrogens with zero attached hydrogens (tertiary/aromatic N) is 2. The molecule has 1 aromatic carbocycles. The molecule has 0 saturated heterocycles. The Hall–Kier alpha value is -2.12. The molecule has 0 aliphatic heterocycles. The first-order valence-corrected chi connectivity index (χ1v) is 10.5. The Morgan fingerprint density at radius 3 is 2.72 bits per heavy atom. The van der Waals surface area contributed by atoms with Crippen LogP contribution in [0.25, 0.3) is 11.0 Å².